The third kappa shape index (κ3) is 7.65. The Morgan fingerprint density at radius 2 is 1.90 bits per heavy atom. The number of amides is 2. The number of rotatable bonds is 8. The van der Waals surface area contributed by atoms with E-state index in [4.69, 9.17) is 5.11 Å². The average molecular weight is 361 g/mol. The Bertz CT molecular complexity index is 497. The van der Waals surface area contributed by atoms with Crippen LogP contribution >= 0.6 is 15.9 Å². The van der Waals surface area contributed by atoms with Crippen LogP contribution in [0.4, 0.5) is 14.9 Å². The lowest BCUT2D eigenvalue weighted by Crippen LogP contribution is -2.29. The Labute approximate surface area is 131 Å². The van der Waals surface area contributed by atoms with Crippen LogP contribution in [0.1, 0.15) is 32.1 Å². The van der Waals surface area contributed by atoms with Crippen LogP contribution in [0.25, 0.3) is 0 Å². The van der Waals surface area contributed by atoms with Crippen LogP contribution in [0.3, 0.4) is 0 Å². The molecule has 2 amide bonds. The minimum absolute atomic E-state index is 0.184. The van der Waals surface area contributed by atoms with Gasteiger partial charge in [0.1, 0.15) is 5.82 Å². The maximum atomic E-state index is 13.3. The fourth-order valence-electron chi connectivity index (χ4n) is 1.71. The quantitative estimate of drug-likeness (QED) is 0.617. The van der Waals surface area contributed by atoms with Crippen molar-refractivity contribution in [1.82, 2.24) is 5.32 Å². The second kappa shape index (κ2) is 9.33. The van der Waals surface area contributed by atoms with Crippen molar-refractivity contribution in [3.05, 3.63) is 28.5 Å². The van der Waals surface area contributed by atoms with Crippen LogP contribution < -0.4 is 10.6 Å². The van der Waals surface area contributed by atoms with Crippen molar-refractivity contribution >= 4 is 33.6 Å². The molecule has 0 aliphatic carbocycles. The van der Waals surface area contributed by atoms with Gasteiger partial charge < -0.3 is 15.7 Å². The molecule has 5 nitrogen and oxygen atoms in total. The number of halogens is 2. The van der Waals surface area contributed by atoms with Gasteiger partial charge in [0.15, 0.2) is 0 Å². The smallest absolute Gasteiger partial charge is 0.319 e. The Balaban J connectivity index is 2.14. The number of unbranched alkanes of at least 4 members (excludes halogenated alkanes) is 3. The summed E-state index contributed by atoms with van der Waals surface area (Å²) < 4.78 is 13.6. The van der Waals surface area contributed by atoms with Crippen molar-refractivity contribution in [2.45, 2.75) is 32.1 Å². The number of carboxylic acids is 1. The molecule has 0 aliphatic heterocycles. The Morgan fingerprint density at radius 3 is 2.57 bits per heavy atom. The highest BCUT2D eigenvalue weighted by Crippen LogP contribution is 2.19. The number of hydrogen-bond donors (Lipinski definition) is 3. The van der Waals surface area contributed by atoms with E-state index in [-0.39, 0.29) is 12.5 Å². The molecule has 0 atom stereocenters. The number of carbonyl (C=O) groups excluding carboxylic acids is 1. The van der Waals surface area contributed by atoms with E-state index in [1.54, 1.807) is 6.07 Å². The van der Waals surface area contributed by atoms with Gasteiger partial charge in [-0.1, -0.05) is 12.8 Å². The summed E-state index contributed by atoms with van der Waals surface area (Å²) in [6.45, 7) is 0.498. The molecule has 0 heterocycles. The Morgan fingerprint density at radius 1 is 1.19 bits per heavy atom. The maximum Gasteiger partial charge on any atom is 0.319 e. The van der Waals surface area contributed by atoms with E-state index in [2.05, 4.69) is 26.6 Å². The summed E-state index contributed by atoms with van der Waals surface area (Å²) in [4.78, 5) is 21.9. The summed E-state index contributed by atoms with van der Waals surface area (Å²) in [5.41, 5.74) is 0.384. The van der Waals surface area contributed by atoms with Crippen LogP contribution in [-0.4, -0.2) is 23.7 Å². The van der Waals surface area contributed by atoms with E-state index in [1.807, 2.05) is 0 Å². The topological polar surface area (TPSA) is 78.4 Å². The summed E-state index contributed by atoms with van der Waals surface area (Å²) in [5, 5.41) is 13.7. The number of nitrogens with one attached hydrogen (secondary N) is 2. The molecule has 21 heavy (non-hydrogen) atoms. The number of carboxylic acid groups (broad SMARTS) is 1. The fourth-order valence-corrected chi connectivity index (χ4v) is 1.95. The van der Waals surface area contributed by atoms with Gasteiger partial charge in [0.25, 0.3) is 0 Å². The summed E-state index contributed by atoms with van der Waals surface area (Å²) in [7, 11) is 0. The first-order valence-corrected chi connectivity index (χ1v) is 7.50. The monoisotopic (exact) mass is 360 g/mol. The molecule has 7 heteroatoms. The second-order valence-electron chi connectivity index (χ2n) is 4.57. The largest absolute Gasteiger partial charge is 0.481 e. The lowest BCUT2D eigenvalue weighted by molar-refractivity contribution is -0.137. The van der Waals surface area contributed by atoms with Gasteiger partial charge in [-0.05, 0) is 47.0 Å². The van der Waals surface area contributed by atoms with Crippen LogP contribution in [0.2, 0.25) is 0 Å². The third-order valence-corrected chi connectivity index (χ3v) is 3.42. The average Bonchev–Trinajstić information content (AvgIpc) is 2.41. The van der Waals surface area contributed by atoms with Gasteiger partial charge in [-0.3, -0.25) is 4.79 Å². The molecule has 116 valence electrons. The number of carbonyl (C=O) groups is 2. The molecule has 0 unspecified atom stereocenters. The number of aliphatic carboxylic acids is 1. The summed E-state index contributed by atoms with van der Waals surface area (Å²) in [6, 6.07) is 3.96. The number of benzene rings is 1. The van der Waals surface area contributed by atoms with Gasteiger partial charge in [-0.25, -0.2) is 9.18 Å². The second-order valence-corrected chi connectivity index (χ2v) is 5.42. The van der Waals surface area contributed by atoms with Crippen molar-refractivity contribution in [1.29, 1.82) is 0 Å². The zero-order chi connectivity index (χ0) is 15.7. The van der Waals surface area contributed by atoms with Gasteiger partial charge in [-0.15, -0.1) is 0 Å². The fraction of sp³-hybridized carbons (Fsp3) is 0.429. The number of urea groups is 1. The highest BCUT2D eigenvalue weighted by atomic mass is 79.9. The summed E-state index contributed by atoms with van der Waals surface area (Å²) in [6.07, 6.45) is 3.30. The molecule has 0 aromatic heterocycles. The first-order valence-electron chi connectivity index (χ1n) is 6.70. The molecule has 0 aliphatic rings. The molecule has 0 bridgehead atoms. The van der Waals surface area contributed by atoms with Crippen LogP contribution in [0, 0.1) is 5.82 Å². The minimum atomic E-state index is -0.783. The number of hydrogen-bond acceptors (Lipinski definition) is 2. The van der Waals surface area contributed by atoms with Crippen molar-refractivity contribution in [2.24, 2.45) is 0 Å². The van der Waals surface area contributed by atoms with Crippen molar-refractivity contribution in [3.63, 3.8) is 0 Å². The van der Waals surface area contributed by atoms with Crippen LogP contribution in [0.5, 0.6) is 0 Å². The van der Waals surface area contributed by atoms with Crippen molar-refractivity contribution < 1.29 is 19.1 Å². The van der Waals surface area contributed by atoms with Gasteiger partial charge >= 0.3 is 12.0 Å². The minimum Gasteiger partial charge on any atom is -0.481 e. The lowest BCUT2D eigenvalue weighted by atomic mass is 10.1. The first-order chi connectivity index (χ1) is 9.99. The van der Waals surface area contributed by atoms with E-state index in [0.717, 1.165) is 19.3 Å². The van der Waals surface area contributed by atoms with Crippen molar-refractivity contribution in [3.8, 4) is 0 Å². The Kier molecular flexibility index (Phi) is 7.74. The maximum absolute atomic E-state index is 13.3. The Hall–Kier alpha value is -1.63. The molecule has 3 N–H and O–H groups in total. The van der Waals surface area contributed by atoms with E-state index in [1.165, 1.54) is 12.1 Å². The normalized spacial score (nSPS) is 10.2. The van der Waals surface area contributed by atoms with E-state index < -0.39 is 11.8 Å². The molecule has 0 spiro atoms. The molecular formula is C14H18BrFN2O3. The van der Waals surface area contributed by atoms with Crippen LogP contribution in [0.15, 0.2) is 22.7 Å². The van der Waals surface area contributed by atoms with Crippen LogP contribution in [-0.2, 0) is 4.79 Å². The molecule has 0 saturated heterocycles. The van der Waals surface area contributed by atoms with Gasteiger partial charge in [0.2, 0.25) is 0 Å². The lowest BCUT2D eigenvalue weighted by Gasteiger charge is -2.08. The van der Waals surface area contributed by atoms with Gasteiger partial charge in [-0.2, -0.15) is 0 Å². The number of anilines is 1. The molecule has 1 rings (SSSR count). The molecule has 1 aromatic carbocycles. The van der Waals surface area contributed by atoms with E-state index in [0.29, 0.717) is 23.1 Å². The van der Waals surface area contributed by atoms with E-state index >= 15 is 0 Å². The standard InChI is InChI=1S/C14H18BrFN2O3/c15-11-7-6-10(9-12(11)16)18-14(21)17-8-4-2-1-3-5-13(19)20/h6-7,9H,1-5,8H2,(H,19,20)(H2,17,18,21). The predicted octanol–water partition coefficient (Wildman–Crippen LogP) is 3.74. The van der Waals surface area contributed by atoms with E-state index in [9.17, 15) is 14.0 Å². The zero-order valence-electron chi connectivity index (χ0n) is 11.5. The molecule has 0 fully saturated rings. The first kappa shape index (κ1) is 17.4. The van der Waals surface area contributed by atoms with Gasteiger partial charge in [0, 0.05) is 18.7 Å². The summed E-state index contributed by atoms with van der Waals surface area (Å²) >= 11 is 3.04. The zero-order valence-corrected chi connectivity index (χ0v) is 13.1. The molecule has 1 aromatic rings. The highest BCUT2D eigenvalue weighted by molar-refractivity contribution is 9.10. The SMILES string of the molecule is O=C(O)CCCCCCNC(=O)Nc1ccc(Br)c(F)c1. The van der Waals surface area contributed by atoms with Gasteiger partial charge in [0.05, 0.1) is 4.47 Å². The predicted molar refractivity (Wildman–Crippen MR) is 81.8 cm³/mol. The molecule has 0 radical (unpaired) electrons. The third-order valence-electron chi connectivity index (χ3n) is 2.78. The summed E-state index contributed by atoms with van der Waals surface area (Å²) in [5.74, 6) is -1.22. The molecule has 0 saturated carbocycles. The van der Waals surface area contributed by atoms with Crippen molar-refractivity contribution in [2.75, 3.05) is 11.9 Å². The molecular weight excluding hydrogens is 343 g/mol. The highest BCUT2D eigenvalue weighted by Gasteiger charge is 2.04.